The third kappa shape index (κ3) is 28.6. The van der Waals surface area contributed by atoms with Crippen molar-refractivity contribution in [2.24, 2.45) is 0 Å². The molecule has 5 nitrogen and oxygen atoms in total. The average Bonchev–Trinajstić information content (AvgIpc) is 1.85. The van der Waals surface area contributed by atoms with Gasteiger partial charge in [0.05, 0.1) is 0 Å². The molecule has 5 heteroatoms. The van der Waals surface area contributed by atoms with E-state index in [9.17, 15) is 4.79 Å². The largest absolute Gasteiger partial charge is 0.483 e. The molecule has 0 aromatic rings. The van der Waals surface area contributed by atoms with E-state index in [-0.39, 0.29) is 19.2 Å². The van der Waals surface area contributed by atoms with E-state index in [1.54, 1.807) is 0 Å². The molecule has 0 fully saturated rings. The molecular weight excluding hydrogens is 140 g/mol. The lowest BCUT2D eigenvalue weighted by Gasteiger charge is -1.95. The summed E-state index contributed by atoms with van der Waals surface area (Å²) in [6.45, 7) is 1.13. The second-order valence-corrected chi connectivity index (χ2v) is 1.15. The van der Waals surface area contributed by atoms with Crippen molar-refractivity contribution < 1.29 is 24.2 Å². The Morgan fingerprint density at radius 2 is 2.10 bits per heavy atom. The molecule has 0 heterocycles. The molecule has 0 bridgehead atoms. The minimum absolute atomic E-state index is 0.0509. The van der Waals surface area contributed by atoms with Gasteiger partial charge >= 0.3 is 5.97 Å². The van der Waals surface area contributed by atoms with Crippen LogP contribution in [0.4, 0.5) is 0 Å². The molecule has 60 valence electrons. The first-order chi connectivity index (χ1) is 4.68. The summed E-state index contributed by atoms with van der Waals surface area (Å²) in [5.74, 6) is -0.318. The SMILES string of the molecule is COCOC(C)=O.O=CO. The first-order valence-electron chi connectivity index (χ1n) is 2.39. The Morgan fingerprint density at radius 3 is 2.20 bits per heavy atom. The number of carbonyl (C=O) groups excluding carboxylic acids is 1. The minimum atomic E-state index is -0.318. The van der Waals surface area contributed by atoms with E-state index >= 15 is 0 Å². The summed E-state index contributed by atoms with van der Waals surface area (Å²) in [6, 6.07) is 0. The van der Waals surface area contributed by atoms with Crippen molar-refractivity contribution in [3.63, 3.8) is 0 Å². The molecule has 0 spiro atoms. The summed E-state index contributed by atoms with van der Waals surface area (Å²) in [5, 5.41) is 6.89. The summed E-state index contributed by atoms with van der Waals surface area (Å²) in [5.41, 5.74) is 0. The molecule has 0 aromatic carbocycles. The summed E-state index contributed by atoms with van der Waals surface area (Å²) in [7, 11) is 1.46. The highest BCUT2D eigenvalue weighted by Crippen LogP contribution is 1.72. The van der Waals surface area contributed by atoms with Crippen molar-refractivity contribution in [1.82, 2.24) is 0 Å². The molecule has 0 saturated carbocycles. The maximum atomic E-state index is 9.90. The number of rotatable bonds is 2. The number of carboxylic acid groups (broad SMARTS) is 1. The van der Waals surface area contributed by atoms with Crippen molar-refractivity contribution in [3.8, 4) is 0 Å². The molecule has 0 rings (SSSR count). The quantitative estimate of drug-likeness (QED) is 0.337. The number of hydrogen-bond acceptors (Lipinski definition) is 4. The third-order valence-corrected chi connectivity index (χ3v) is 0.380. The lowest BCUT2D eigenvalue weighted by atomic mass is 10.8. The molecular formula is C5H10O5. The lowest BCUT2D eigenvalue weighted by molar-refractivity contribution is -0.151. The Bertz CT molecular complexity index is 90.0. The van der Waals surface area contributed by atoms with E-state index in [0.29, 0.717) is 0 Å². The van der Waals surface area contributed by atoms with Gasteiger partial charge in [0.2, 0.25) is 0 Å². The van der Waals surface area contributed by atoms with Crippen LogP contribution in [0.25, 0.3) is 0 Å². The second kappa shape index (κ2) is 10.8. The molecule has 0 aliphatic rings. The normalized spacial score (nSPS) is 7.00. The maximum absolute atomic E-state index is 9.90. The predicted octanol–water partition coefficient (Wildman–Crippen LogP) is -0.146. The van der Waals surface area contributed by atoms with Gasteiger partial charge in [-0.15, -0.1) is 0 Å². The Balaban J connectivity index is 0. The summed E-state index contributed by atoms with van der Waals surface area (Å²) in [4.78, 5) is 18.3. The first-order valence-corrected chi connectivity index (χ1v) is 2.39. The maximum Gasteiger partial charge on any atom is 0.304 e. The van der Waals surface area contributed by atoms with Crippen LogP contribution in [0.15, 0.2) is 0 Å². The highest BCUT2D eigenvalue weighted by molar-refractivity contribution is 5.65. The summed E-state index contributed by atoms with van der Waals surface area (Å²) < 4.78 is 8.74. The number of carbonyl (C=O) groups is 2. The van der Waals surface area contributed by atoms with Crippen molar-refractivity contribution >= 4 is 12.4 Å². The zero-order chi connectivity index (χ0) is 8.41. The van der Waals surface area contributed by atoms with Crippen LogP contribution in [0.3, 0.4) is 0 Å². The fourth-order valence-electron chi connectivity index (χ4n) is 0.142. The van der Waals surface area contributed by atoms with Crippen molar-refractivity contribution in [2.45, 2.75) is 6.92 Å². The smallest absolute Gasteiger partial charge is 0.304 e. The second-order valence-electron chi connectivity index (χ2n) is 1.15. The van der Waals surface area contributed by atoms with Crippen LogP contribution in [-0.4, -0.2) is 31.5 Å². The molecule has 0 aliphatic carbocycles. The summed E-state index contributed by atoms with van der Waals surface area (Å²) in [6.07, 6.45) is 0. The van der Waals surface area contributed by atoms with Gasteiger partial charge in [-0.3, -0.25) is 9.59 Å². The Hall–Kier alpha value is -1.10. The Labute approximate surface area is 58.5 Å². The molecule has 0 aliphatic heterocycles. The summed E-state index contributed by atoms with van der Waals surface area (Å²) >= 11 is 0. The fourth-order valence-corrected chi connectivity index (χ4v) is 0.142. The topological polar surface area (TPSA) is 72.8 Å². The molecule has 1 N–H and O–H groups in total. The predicted molar refractivity (Wildman–Crippen MR) is 32.3 cm³/mol. The standard InChI is InChI=1S/C4H8O3.CH2O2/c1-4(5)7-3-6-2;2-1-3/h3H2,1-2H3;1H,(H,2,3). The van der Waals surface area contributed by atoms with E-state index in [1.165, 1.54) is 14.0 Å². The number of methoxy groups -OCH3 is 1. The molecule has 0 unspecified atom stereocenters. The number of esters is 1. The van der Waals surface area contributed by atoms with Gasteiger partial charge in [0.25, 0.3) is 6.47 Å². The van der Waals surface area contributed by atoms with E-state index in [4.69, 9.17) is 9.90 Å². The van der Waals surface area contributed by atoms with Gasteiger partial charge in [-0.2, -0.15) is 0 Å². The monoisotopic (exact) mass is 150 g/mol. The van der Waals surface area contributed by atoms with Gasteiger partial charge in [0.15, 0.2) is 6.79 Å². The molecule has 0 aromatic heterocycles. The van der Waals surface area contributed by atoms with Gasteiger partial charge in [0.1, 0.15) is 0 Å². The van der Waals surface area contributed by atoms with Crippen molar-refractivity contribution in [3.05, 3.63) is 0 Å². The molecule has 0 saturated heterocycles. The van der Waals surface area contributed by atoms with E-state index in [1.807, 2.05) is 0 Å². The van der Waals surface area contributed by atoms with Gasteiger partial charge in [-0.1, -0.05) is 0 Å². The van der Waals surface area contributed by atoms with Crippen LogP contribution < -0.4 is 0 Å². The van der Waals surface area contributed by atoms with E-state index in [0.717, 1.165) is 0 Å². The van der Waals surface area contributed by atoms with Crippen LogP contribution in [0.1, 0.15) is 6.92 Å². The fraction of sp³-hybridized carbons (Fsp3) is 0.600. The lowest BCUT2D eigenvalue weighted by Crippen LogP contribution is -2.00. The average molecular weight is 150 g/mol. The third-order valence-electron chi connectivity index (χ3n) is 0.380. The molecule has 0 amide bonds. The van der Waals surface area contributed by atoms with Crippen LogP contribution in [0, 0.1) is 0 Å². The van der Waals surface area contributed by atoms with Crippen molar-refractivity contribution in [2.75, 3.05) is 13.9 Å². The van der Waals surface area contributed by atoms with Crippen LogP contribution in [0.5, 0.6) is 0 Å². The zero-order valence-corrected chi connectivity index (χ0v) is 5.86. The number of ether oxygens (including phenoxy) is 2. The molecule has 10 heavy (non-hydrogen) atoms. The van der Waals surface area contributed by atoms with Crippen LogP contribution in [-0.2, 0) is 19.1 Å². The Morgan fingerprint density at radius 1 is 1.70 bits per heavy atom. The number of hydrogen-bond donors (Lipinski definition) is 1. The Kier molecular flexibility index (Phi) is 12.6. The molecule has 0 atom stereocenters. The minimum Gasteiger partial charge on any atom is -0.483 e. The van der Waals surface area contributed by atoms with E-state index in [2.05, 4.69) is 9.47 Å². The highest BCUT2D eigenvalue weighted by atomic mass is 16.7. The highest BCUT2D eigenvalue weighted by Gasteiger charge is 1.85. The van der Waals surface area contributed by atoms with Crippen molar-refractivity contribution in [1.29, 1.82) is 0 Å². The van der Waals surface area contributed by atoms with Crippen LogP contribution in [0.2, 0.25) is 0 Å². The first kappa shape index (κ1) is 11.7. The van der Waals surface area contributed by atoms with Gasteiger partial charge in [-0.05, 0) is 0 Å². The van der Waals surface area contributed by atoms with Gasteiger partial charge < -0.3 is 14.6 Å². The van der Waals surface area contributed by atoms with Gasteiger partial charge in [-0.25, -0.2) is 0 Å². The zero-order valence-electron chi connectivity index (χ0n) is 5.86. The van der Waals surface area contributed by atoms with E-state index < -0.39 is 0 Å². The van der Waals surface area contributed by atoms with Crippen LogP contribution >= 0.6 is 0 Å². The molecule has 0 radical (unpaired) electrons. The van der Waals surface area contributed by atoms with Gasteiger partial charge in [0, 0.05) is 14.0 Å².